The summed E-state index contributed by atoms with van der Waals surface area (Å²) in [7, 11) is 2.11. The van der Waals surface area contributed by atoms with Gasteiger partial charge in [-0.15, -0.1) is 0 Å². The molecular weight excluding hydrogens is 409 g/mol. The molecule has 30 heavy (non-hydrogen) atoms. The van der Waals surface area contributed by atoms with Gasteiger partial charge in [0.15, 0.2) is 11.5 Å². The number of halogens is 3. The maximum absolute atomic E-state index is 12.6. The molecule has 3 heterocycles. The van der Waals surface area contributed by atoms with Crippen LogP contribution in [0, 0.1) is 5.92 Å². The van der Waals surface area contributed by atoms with Gasteiger partial charge < -0.3 is 29.1 Å². The highest BCUT2D eigenvalue weighted by molar-refractivity contribution is 5.79. The van der Waals surface area contributed by atoms with Gasteiger partial charge in [0.05, 0.1) is 19.1 Å². The molecule has 0 spiro atoms. The Morgan fingerprint density at radius 2 is 1.87 bits per heavy atom. The van der Waals surface area contributed by atoms with E-state index in [0.717, 1.165) is 43.3 Å². The van der Waals surface area contributed by atoms with E-state index >= 15 is 0 Å². The van der Waals surface area contributed by atoms with Crippen molar-refractivity contribution in [3.8, 4) is 11.5 Å². The Balaban J connectivity index is 0.000000318. The quantitative estimate of drug-likeness (QED) is 0.756. The topological polar surface area (TPSA) is 88.5 Å². The number of likely N-dealkylation sites (tertiary alicyclic amines) is 1. The lowest BCUT2D eigenvalue weighted by molar-refractivity contribution is -0.192. The molecule has 2 saturated heterocycles. The highest BCUT2D eigenvalue weighted by Crippen LogP contribution is 2.33. The standard InChI is InChI=1S/C17H22N2O4.C2HF3O2/c1-18-4-5-21-16-10-19(9-13(16)8-18)17(20)7-12-2-3-14-15(6-12)23-11-22-14;3-2(4,5)1(6)7/h2-3,6,13,16H,4-5,7-11H2,1H3;(H,6,7)/t13-,16+;/m0./s1. The van der Waals surface area contributed by atoms with Crippen molar-refractivity contribution in [1.29, 1.82) is 0 Å². The van der Waals surface area contributed by atoms with E-state index in [1.807, 2.05) is 23.1 Å². The number of alkyl halides is 3. The molecule has 166 valence electrons. The van der Waals surface area contributed by atoms with Crippen LogP contribution in [0.5, 0.6) is 11.5 Å². The lowest BCUT2D eigenvalue weighted by atomic mass is 10.1. The van der Waals surface area contributed by atoms with Gasteiger partial charge in [0.2, 0.25) is 12.7 Å². The number of amides is 1. The predicted octanol–water partition coefficient (Wildman–Crippen LogP) is 1.38. The Kier molecular flexibility index (Phi) is 6.71. The number of rotatable bonds is 2. The molecule has 1 amide bonds. The lowest BCUT2D eigenvalue weighted by Crippen LogP contribution is -2.33. The largest absolute Gasteiger partial charge is 0.490 e. The third kappa shape index (κ3) is 5.54. The molecule has 1 N–H and O–H groups in total. The highest BCUT2D eigenvalue weighted by atomic mass is 19.4. The number of benzene rings is 1. The fourth-order valence-corrected chi connectivity index (χ4v) is 3.60. The van der Waals surface area contributed by atoms with Crippen LogP contribution >= 0.6 is 0 Å². The Morgan fingerprint density at radius 1 is 1.17 bits per heavy atom. The maximum atomic E-state index is 12.6. The van der Waals surface area contributed by atoms with Crippen LogP contribution in [-0.2, 0) is 20.7 Å². The molecule has 1 aromatic carbocycles. The van der Waals surface area contributed by atoms with Crippen LogP contribution in [0.3, 0.4) is 0 Å². The predicted molar refractivity (Wildman–Crippen MR) is 97.3 cm³/mol. The van der Waals surface area contributed by atoms with E-state index in [4.69, 9.17) is 24.1 Å². The Labute approximate surface area is 171 Å². The van der Waals surface area contributed by atoms with Gasteiger partial charge in [0, 0.05) is 32.1 Å². The van der Waals surface area contributed by atoms with Crippen LogP contribution in [0.2, 0.25) is 0 Å². The molecule has 8 nitrogen and oxygen atoms in total. The molecule has 3 aliphatic heterocycles. The van der Waals surface area contributed by atoms with Crippen molar-refractivity contribution in [2.24, 2.45) is 5.92 Å². The summed E-state index contributed by atoms with van der Waals surface area (Å²) in [6.07, 6.45) is -4.51. The maximum Gasteiger partial charge on any atom is 0.490 e. The number of carbonyl (C=O) groups excluding carboxylic acids is 1. The molecule has 3 aliphatic rings. The van der Waals surface area contributed by atoms with E-state index < -0.39 is 12.1 Å². The minimum absolute atomic E-state index is 0.156. The van der Waals surface area contributed by atoms with E-state index in [9.17, 15) is 18.0 Å². The minimum atomic E-state index is -5.08. The third-order valence-corrected chi connectivity index (χ3v) is 5.12. The van der Waals surface area contributed by atoms with Crippen molar-refractivity contribution >= 4 is 11.9 Å². The molecule has 0 radical (unpaired) electrons. The number of likely N-dealkylation sites (N-methyl/N-ethyl adjacent to an activating group) is 1. The van der Waals surface area contributed by atoms with Crippen molar-refractivity contribution in [2.45, 2.75) is 18.7 Å². The second kappa shape index (κ2) is 9.09. The zero-order valence-electron chi connectivity index (χ0n) is 16.4. The summed E-state index contributed by atoms with van der Waals surface area (Å²) in [6.45, 7) is 4.48. The normalized spacial score (nSPS) is 23.3. The summed E-state index contributed by atoms with van der Waals surface area (Å²) in [5.41, 5.74) is 0.962. The lowest BCUT2D eigenvalue weighted by Gasteiger charge is -2.19. The Bertz CT molecular complexity index is 788. The SMILES string of the molecule is CN1CCO[C@@H]2CN(C(=O)Cc3ccc4c(c3)OCO4)C[C@@H]2C1.O=C(O)C(F)(F)F. The van der Waals surface area contributed by atoms with Gasteiger partial charge in [-0.25, -0.2) is 4.79 Å². The van der Waals surface area contributed by atoms with Gasteiger partial charge >= 0.3 is 12.1 Å². The van der Waals surface area contributed by atoms with Gasteiger partial charge in [0.25, 0.3) is 0 Å². The molecule has 2 fully saturated rings. The van der Waals surface area contributed by atoms with Crippen molar-refractivity contribution in [3.05, 3.63) is 23.8 Å². The molecule has 0 saturated carbocycles. The van der Waals surface area contributed by atoms with Gasteiger partial charge in [0.1, 0.15) is 0 Å². The Hall–Kier alpha value is -2.53. The first-order valence-corrected chi connectivity index (χ1v) is 9.40. The van der Waals surface area contributed by atoms with Gasteiger partial charge in [-0.1, -0.05) is 6.07 Å². The van der Waals surface area contributed by atoms with Crippen molar-refractivity contribution in [2.75, 3.05) is 46.6 Å². The number of nitrogens with zero attached hydrogens (tertiary/aromatic N) is 2. The molecule has 0 aromatic heterocycles. The van der Waals surface area contributed by atoms with E-state index in [0.29, 0.717) is 18.9 Å². The summed E-state index contributed by atoms with van der Waals surface area (Å²) in [4.78, 5) is 25.7. The summed E-state index contributed by atoms with van der Waals surface area (Å²) in [6, 6.07) is 5.71. The van der Waals surface area contributed by atoms with E-state index in [1.54, 1.807) is 0 Å². The first-order chi connectivity index (χ1) is 14.1. The van der Waals surface area contributed by atoms with E-state index in [2.05, 4.69) is 11.9 Å². The van der Waals surface area contributed by atoms with Crippen molar-refractivity contribution < 1.29 is 42.1 Å². The number of carboxylic acid groups (broad SMARTS) is 1. The summed E-state index contributed by atoms with van der Waals surface area (Å²) in [5.74, 6) is -0.702. The monoisotopic (exact) mass is 432 g/mol. The molecule has 0 bridgehead atoms. The highest BCUT2D eigenvalue weighted by Gasteiger charge is 2.38. The zero-order chi connectivity index (χ0) is 21.9. The summed E-state index contributed by atoms with van der Waals surface area (Å²) in [5, 5.41) is 7.12. The van der Waals surface area contributed by atoms with Gasteiger partial charge in [-0.05, 0) is 24.7 Å². The first kappa shape index (κ1) is 22.2. The third-order valence-electron chi connectivity index (χ3n) is 5.12. The number of carboxylic acids is 1. The summed E-state index contributed by atoms with van der Waals surface area (Å²) < 4.78 is 48.3. The minimum Gasteiger partial charge on any atom is -0.475 e. The first-order valence-electron chi connectivity index (χ1n) is 9.40. The molecule has 11 heteroatoms. The zero-order valence-corrected chi connectivity index (χ0v) is 16.4. The fraction of sp³-hybridized carbons (Fsp3) is 0.579. The van der Waals surface area contributed by atoms with Crippen LogP contribution in [-0.4, -0.2) is 85.7 Å². The van der Waals surface area contributed by atoms with Crippen LogP contribution in [0.1, 0.15) is 5.56 Å². The molecular formula is C19H23F3N2O6. The number of carbonyl (C=O) groups is 2. The van der Waals surface area contributed by atoms with Crippen LogP contribution in [0.15, 0.2) is 18.2 Å². The smallest absolute Gasteiger partial charge is 0.475 e. The van der Waals surface area contributed by atoms with Gasteiger partial charge in [-0.2, -0.15) is 13.2 Å². The van der Waals surface area contributed by atoms with Crippen molar-refractivity contribution in [1.82, 2.24) is 9.80 Å². The second-order valence-electron chi connectivity index (χ2n) is 7.40. The number of aliphatic carboxylic acids is 1. The van der Waals surface area contributed by atoms with E-state index in [1.165, 1.54) is 0 Å². The number of ether oxygens (including phenoxy) is 3. The Morgan fingerprint density at radius 3 is 2.57 bits per heavy atom. The fourth-order valence-electron chi connectivity index (χ4n) is 3.60. The molecule has 4 rings (SSSR count). The molecule has 0 aliphatic carbocycles. The molecule has 1 aromatic rings. The molecule has 2 atom stereocenters. The van der Waals surface area contributed by atoms with Crippen LogP contribution < -0.4 is 9.47 Å². The van der Waals surface area contributed by atoms with E-state index in [-0.39, 0.29) is 18.8 Å². The number of hydrogen-bond donors (Lipinski definition) is 1. The summed E-state index contributed by atoms with van der Waals surface area (Å²) >= 11 is 0. The average molecular weight is 432 g/mol. The number of fused-ring (bicyclic) bond motifs is 2. The number of hydrogen-bond acceptors (Lipinski definition) is 6. The van der Waals surface area contributed by atoms with Gasteiger partial charge in [-0.3, -0.25) is 4.79 Å². The average Bonchev–Trinajstić information content (AvgIpc) is 3.24. The molecule has 0 unspecified atom stereocenters. The van der Waals surface area contributed by atoms with Crippen LogP contribution in [0.25, 0.3) is 0 Å². The van der Waals surface area contributed by atoms with Crippen molar-refractivity contribution in [3.63, 3.8) is 0 Å². The second-order valence-corrected chi connectivity index (χ2v) is 7.40. The van der Waals surface area contributed by atoms with Crippen LogP contribution in [0.4, 0.5) is 13.2 Å².